The van der Waals surface area contributed by atoms with Crippen molar-refractivity contribution in [3.05, 3.63) is 53.0 Å². The quantitative estimate of drug-likeness (QED) is 0.138. The van der Waals surface area contributed by atoms with Gasteiger partial charge in [0.2, 0.25) is 5.90 Å². The van der Waals surface area contributed by atoms with Crippen LogP contribution in [0.2, 0.25) is 0 Å². The van der Waals surface area contributed by atoms with Crippen molar-refractivity contribution in [1.29, 1.82) is 0 Å². The number of piperidine rings is 1. The Labute approximate surface area is 215 Å². The van der Waals surface area contributed by atoms with Crippen LogP contribution >= 0.6 is 23.2 Å². The van der Waals surface area contributed by atoms with E-state index in [9.17, 15) is 0 Å². The Morgan fingerprint density at radius 2 is 2.06 bits per heavy atom. The van der Waals surface area contributed by atoms with E-state index in [0.717, 1.165) is 31.3 Å². The van der Waals surface area contributed by atoms with E-state index in [1.54, 1.807) is 32.3 Å². The maximum atomic E-state index is 5.96. The highest BCUT2D eigenvalue weighted by molar-refractivity contribution is 6.29. The molecule has 0 aliphatic carbocycles. The molecule has 11 heteroatoms. The van der Waals surface area contributed by atoms with Crippen molar-refractivity contribution in [3.63, 3.8) is 0 Å². The molecule has 1 aliphatic heterocycles. The van der Waals surface area contributed by atoms with Crippen LogP contribution in [0.4, 0.5) is 5.82 Å². The summed E-state index contributed by atoms with van der Waals surface area (Å²) in [4.78, 5) is 18.3. The molecule has 0 unspecified atom stereocenters. The van der Waals surface area contributed by atoms with E-state index in [2.05, 4.69) is 25.6 Å². The molecule has 188 valence electrons. The first-order chi connectivity index (χ1) is 17.0. The SMILES string of the molecule is COc1cc2c(NC(/C=C/Cl)=C/C=C(\C)Cl)ncnc2cc1OCCN=C(ON)C1CCNCC1. The number of anilines is 1. The number of aromatic nitrogens is 2. The Balaban J connectivity index is 1.77. The highest BCUT2D eigenvalue weighted by Crippen LogP contribution is 2.34. The molecule has 0 amide bonds. The van der Waals surface area contributed by atoms with Gasteiger partial charge in [0.25, 0.3) is 0 Å². The first-order valence-corrected chi connectivity index (χ1v) is 12.0. The van der Waals surface area contributed by atoms with E-state index in [-0.39, 0.29) is 5.92 Å². The topological polar surface area (TPSA) is 116 Å². The average Bonchev–Trinajstić information content (AvgIpc) is 2.87. The zero-order chi connectivity index (χ0) is 25.0. The van der Waals surface area contributed by atoms with E-state index >= 15 is 0 Å². The van der Waals surface area contributed by atoms with E-state index < -0.39 is 0 Å². The second kappa shape index (κ2) is 13.9. The second-order valence-electron chi connectivity index (χ2n) is 7.75. The van der Waals surface area contributed by atoms with E-state index in [1.807, 2.05) is 12.1 Å². The molecule has 1 aromatic carbocycles. The standard InChI is InChI=1S/C24H30Cl2N6O3/c1-16(26)3-4-18(5-8-25)32-23-19-13-21(33-2)22(14-20(19)30-15-31-23)34-12-11-29-24(35-27)17-6-9-28-10-7-17/h3-5,8,13-15,17,28H,6-7,9-12,27H2,1-2H3,(H,30,31,32)/b8-5+,16-3+,18-4+,29-24?. The molecule has 1 aliphatic rings. The highest BCUT2D eigenvalue weighted by atomic mass is 35.5. The van der Waals surface area contributed by atoms with Gasteiger partial charge in [-0.25, -0.2) is 15.0 Å². The number of fused-ring (bicyclic) bond motifs is 1. The lowest BCUT2D eigenvalue weighted by Gasteiger charge is -2.22. The third-order valence-corrected chi connectivity index (χ3v) is 5.60. The normalized spacial score (nSPS) is 16.1. The van der Waals surface area contributed by atoms with Crippen LogP contribution in [0.5, 0.6) is 11.5 Å². The maximum Gasteiger partial charge on any atom is 0.212 e. The van der Waals surface area contributed by atoms with Gasteiger partial charge in [-0.15, -0.1) is 0 Å². The number of halogens is 2. The minimum absolute atomic E-state index is 0.232. The largest absolute Gasteiger partial charge is 0.493 e. The molecule has 3 rings (SSSR count). The van der Waals surface area contributed by atoms with Crippen molar-refractivity contribution in [1.82, 2.24) is 15.3 Å². The molecule has 2 heterocycles. The smallest absolute Gasteiger partial charge is 0.212 e. The molecule has 0 atom stereocenters. The average molecular weight is 521 g/mol. The minimum Gasteiger partial charge on any atom is -0.493 e. The number of nitrogens with two attached hydrogens (primary N) is 1. The van der Waals surface area contributed by atoms with Gasteiger partial charge in [-0.1, -0.05) is 23.2 Å². The summed E-state index contributed by atoms with van der Waals surface area (Å²) in [7, 11) is 1.58. The molecule has 1 aromatic heterocycles. The fourth-order valence-corrected chi connectivity index (χ4v) is 3.83. The van der Waals surface area contributed by atoms with Gasteiger partial charge in [-0.05, 0) is 57.1 Å². The fourth-order valence-electron chi connectivity index (χ4n) is 3.63. The Bertz CT molecular complexity index is 1110. The summed E-state index contributed by atoms with van der Waals surface area (Å²) in [5.74, 6) is 7.92. The number of aliphatic imine (C=N–C) groups is 1. The van der Waals surface area contributed by atoms with Crippen LogP contribution in [0, 0.1) is 5.92 Å². The third-order valence-electron chi connectivity index (χ3n) is 5.34. The Morgan fingerprint density at radius 1 is 1.26 bits per heavy atom. The second-order valence-corrected chi connectivity index (χ2v) is 8.59. The number of ether oxygens (including phenoxy) is 2. The van der Waals surface area contributed by atoms with Gasteiger partial charge in [-0.2, -0.15) is 5.90 Å². The molecule has 4 N–H and O–H groups in total. The van der Waals surface area contributed by atoms with Crippen LogP contribution in [-0.2, 0) is 4.84 Å². The molecule has 35 heavy (non-hydrogen) atoms. The summed E-state index contributed by atoms with van der Waals surface area (Å²) < 4.78 is 11.5. The molecule has 1 saturated heterocycles. The Kier molecular flexibility index (Phi) is 10.6. The van der Waals surface area contributed by atoms with Crippen molar-refractivity contribution in [2.45, 2.75) is 19.8 Å². The summed E-state index contributed by atoms with van der Waals surface area (Å²) in [5, 5.41) is 7.94. The van der Waals surface area contributed by atoms with Crippen LogP contribution in [0.3, 0.4) is 0 Å². The van der Waals surface area contributed by atoms with Gasteiger partial charge >= 0.3 is 0 Å². The summed E-state index contributed by atoms with van der Waals surface area (Å²) in [6, 6.07) is 3.63. The molecule has 9 nitrogen and oxygen atoms in total. The molecule has 0 bridgehead atoms. The summed E-state index contributed by atoms with van der Waals surface area (Å²) >= 11 is 11.7. The lowest BCUT2D eigenvalue weighted by Crippen LogP contribution is -2.34. The van der Waals surface area contributed by atoms with Gasteiger partial charge < -0.3 is 24.9 Å². The number of nitrogens with one attached hydrogen (secondary N) is 2. The van der Waals surface area contributed by atoms with E-state index in [4.69, 9.17) is 43.4 Å². The molecular formula is C24H30Cl2N6O3. The van der Waals surface area contributed by atoms with E-state index in [1.165, 1.54) is 11.9 Å². The number of methoxy groups -OCH3 is 1. The molecule has 1 fully saturated rings. The first-order valence-electron chi connectivity index (χ1n) is 11.2. The van der Waals surface area contributed by atoms with Gasteiger partial charge in [0.15, 0.2) is 11.5 Å². The van der Waals surface area contributed by atoms with Crippen molar-refractivity contribution in [2.75, 3.05) is 38.7 Å². The van der Waals surface area contributed by atoms with Gasteiger partial charge in [0, 0.05) is 33.6 Å². The number of allylic oxidation sites excluding steroid dienone is 4. The van der Waals surface area contributed by atoms with Gasteiger partial charge in [-0.3, -0.25) is 0 Å². The molecule has 2 aromatic rings. The third kappa shape index (κ3) is 7.83. The van der Waals surface area contributed by atoms with Gasteiger partial charge in [0.1, 0.15) is 18.8 Å². The summed E-state index contributed by atoms with van der Waals surface area (Å²) in [6.45, 7) is 4.38. The molecular weight excluding hydrogens is 491 g/mol. The summed E-state index contributed by atoms with van der Waals surface area (Å²) in [5.41, 5.74) is 2.78. The highest BCUT2D eigenvalue weighted by Gasteiger charge is 2.20. The maximum absolute atomic E-state index is 5.96. The van der Waals surface area contributed by atoms with Crippen LogP contribution in [0.25, 0.3) is 10.9 Å². The minimum atomic E-state index is 0.232. The predicted molar refractivity (Wildman–Crippen MR) is 141 cm³/mol. The molecule has 0 radical (unpaired) electrons. The first kappa shape index (κ1) is 26.7. The van der Waals surface area contributed by atoms with Crippen LogP contribution < -0.4 is 26.0 Å². The number of hydrogen-bond donors (Lipinski definition) is 3. The lowest BCUT2D eigenvalue weighted by atomic mass is 9.98. The number of hydrogen-bond acceptors (Lipinski definition) is 9. The lowest BCUT2D eigenvalue weighted by molar-refractivity contribution is 0.269. The number of nitrogens with zero attached hydrogens (tertiary/aromatic N) is 3. The monoisotopic (exact) mass is 520 g/mol. The van der Waals surface area contributed by atoms with Crippen molar-refractivity contribution < 1.29 is 14.3 Å². The van der Waals surface area contributed by atoms with Crippen LogP contribution in [0.15, 0.2) is 57.9 Å². The van der Waals surface area contributed by atoms with Crippen LogP contribution in [0.1, 0.15) is 19.8 Å². The van der Waals surface area contributed by atoms with E-state index in [0.29, 0.717) is 52.6 Å². The number of rotatable bonds is 10. The summed E-state index contributed by atoms with van der Waals surface area (Å²) in [6.07, 6.45) is 8.62. The van der Waals surface area contributed by atoms with Crippen LogP contribution in [-0.4, -0.2) is 49.2 Å². The van der Waals surface area contributed by atoms with Crippen molar-refractivity contribution >= 4 is 45.8 Å². The van der Waals surface area contributed by atoms with Gasteiger partial charge in [0.05, 0.1) is 19.2 Å². The Morgan fingerprint density at radius 3 is 2.74 bits per heavy atom. The molecule has 0 saturated carbocycles. The Hall–Kier alpha value is -2.85. The predicted octanol–water partition coefficient (Wildman–Crippen LogP) is 4.50. The number of benzene rings is 1. The van der Waals surface area contributed by atoms with Crippen molar-refractivity contribution in [3.8, 4) is 11.5 Å². The van der Waals surface area contributed by atoms with Crippen molar-refractivity contribution in [2.24, 2.45) is 16.8 Å². The zero-order valence-corrected chi connectivity index (χ0v) is 21.3. The zero-order valence-electron chi connectivity index (χ0n) is 19.8. The molecule has 0 spiro atoms. The fraction of sp³-hybridized carbons (Fsp3) is 0.375.